The van der Waals surface area contributed by atoms with Crippen molar-refractivity contribution in [3.8, 4) is 11.5 Å². The van der Waals surface area contributed by atoms with Gasteiger partial charge in [0.2, 0.25) is 0 Å². The summed E-state index contributed by atoms with van der Waals surface area (Å²) in [6.45, 7) is 2.50. The third-order valence-corrected chi connectivity index (χ3v) is 3.72. The monoisotopic (exact) mass is 307 g/mol. The summed E-state index contributed by atoms with van der Waals surface area (Å²) < 4.78 is 10.8. The highest BCUT2D eigenvalue weighted by atomic mass is 16.5. The molecular weight excluding hydrogens is 286 g/mol. The van der Waals surface area contributed by atoms with E-state index in [1.165, 1.54) is 0 Å². The molecule has 0 aliphatic heterocycles. The Bertz CT molecular complexity index is 551. The molecule has 1 aromatic carbocycles. The van der Waals surface area contributed by atoms with E-state index in [9.17, 15) is 9.59 Å². The number of rotatable bonds is 7. The molecule has 0 aromatic heterocycles. The Morgan fingerprint density at radius 1 is 1.36 bits per heavy atom. The Kier molecular flexibility index (Phi) is 5.25. The second kappa shape index (κ2) is 7.15. The van der Waals surface area contributed by atoms with Gasteiger partial charge in [-0.3, -0.25) is 9.59 Å². The smallest absolute Gasteiger partial charge is 0.306 e. The SMILES string of the molecule is CCCOc1cc(OC)ccc1C(=O)NC1CC(C(=O)O)C1. The summed E-state index contributed by atoms with van der Waals surface area (Å²) in [7, 11) is 1.55. The van der Waals surface area contributed by atoms with E-state index in [0.717, 1.165) is 6.42 Å². The molecule has 0 bridgehead atoms. The lowest BCUT2D eigenvalue weighted by Crippen LogP contribution is -2.46. The van der Waals surface area contributed by atoms with Gasteiger partial charge in [-0.05, 0) is 31.4 Å². The molecule has 6 nitrogen and oxygen atoms in total. The van der Waals surface area contributed by atoms with Crippen molar-refractivity contribution in [1.29, 1.82) is 0 Å². The van der Waals surface area contributed by atoms with E-state index in [0.29, 0.717) is 36.5 Å². The van der Waals surface area contributed by atoms with Gasteiger partial charge in [-0.25, -0.2) is 0 Å². The summed E-state index contributed by atoms with van der Waals surface area (Å²) in [6, 6.07) is 4.96. The van der Waals surface area contributed by atoms with Crippen LogP contribution in [0.5, 0.6) is 11.5 Å². The highest BCUT2D eigenvalue weighted by Gasteiger charge is 2.35. The molecule has 0 unspecified atom stereocenters. The maximum Gasteiger partial charge on any atom is 0.306 e. The maximum atomic E-state index is 12.3. The molecule has 1 aliphatic carbocycles. The number of nitrogens with one attached hydrogen (secondary N) is 1. The van der Waals surface area contributed by atoms with Gasteiger partial charge in [0.25, 0.3) is 5.91 Å². The summed E-state index contributed by atoms with van der Waals surface area (Å²) >= 11 is 0. The Balaban J connectivity index is 2.03. The summed E-state index contributed by atoms with van der Waals surface area (Å²) in [5.74, 6) is -0.300. The standard InChI is InChI=1S/C16H21NO5/c1-3-6-22-14-9-12(21-2)4-5-13(14)15(18)17-11-7-10(8-11)16(19)20/h4-5,9-11H,3,6-8H2,1-2H3,(H,17,18)(H,19,20). The fourth-order valence-electron chi connectivity index (χ4n) is 2.35. The van der Waals surface area contributed by atoms with Crippen LogP contribution in [0.1, 0.15) is 36.5 Å². The highest BCUT2D eigenvalue weighted by Crippen LogP contribution is 2.29. The number of ether oxygens (including phenoxy) is 2. The molecule has 1 aliphatic rings. The van der Waals surface area contributed by atoms with Crippen molar-refractivity contribution in [2.75, 3.05) is 13.7 Å². The third-order valence-electron chi connectivity index (χ3n) is 3.72. The molecule has 2 N–H and O–H groups in total. The molecule has 0 atom stereocenters. The van der Waals surface area contributed by atoms with Crippen molar-refractivity contribution in [2.24, 2.45) is 5.92 Å². The lowest BCUT2D eigenvalue weighted by Gasteiger charge is -2.33. The molecule has 2 rings (SSSR count). The zero-order valence-electron chi connectivity index (χ0n) is 12.8. The van der Waals surface area contributed by atoms with Crippen LogP contribution in [0.3, 0.4) is 0 Å². The quantitative estimate of drug-likeness (QED) is 0.805. The average Bonchev–Trinajstić information content (AvgIpc) is 2.47. The van der Waals surface area contributed by atoms with E-state index in [-0.39, 0.29) is 17.9 Å². The van der Waals surface area contributed by atoms with Crippen LogP contribution in [-0.4, -0.2) is 36.7 Å². The van der Waals surface area contributed by atoms with Gasteiger partial charge in [0.15, 0.2) is 0 Å². The third kappa shape index (κ3) is 3.69. The minimum Gasteiger partial charge on any atom is -0.497 e. The van der Waals surface area contributed by atoms with Crippen LogP contribution in [-0.2, 0) is 4.79 Å². The number of hydrogen-bond donors (Lipinski definition) is 2. The molecule has 0 radical (unpaired) electrons. The van der Waals surface area contributed by atoms with Crippen molar-refractivity contribution in [1.82, 2.24) is 5.32 Å². The average molecular weight is 307 g/mol. The largest absolute Gasteiger partial charge is 0.497 e. The second-order valence-corrected chi connectivity index (χ2v) is 5.39. The molecule has 1 aromatic rings. The van der Waals surface area contributed by atoms with Crippen LogP contribution >= 0.6 is 0 Å². The first kappa shape index (κ1) is 16.1. The Morgan fingerprint density at radius 3 is 2.68 bits per heavy atom. The van der Waals surface area contributed by atoms with Crippen molar-refractivity contribution in [3.63, 3.8) is 0 Å². The number of carboxylic acid groups (broad SMARTS) is 1. The number of hydrogen-bond acceptors (Lipinski definition) is 4. The Labute approximate surface area is 129 Å². The first-order chi connectivity index (χ1) is 10.5. The van der Waals surface area contributed by atoms with E-state index in [4.69, 9.17) is 14.6 Å². The van der Waals surface area contributed by atoms with Crippen molar-refractivity contribution < 1.29 is 24.2 Å². The molecule has 1 saturated carbocycles. The van der Waals surface area contributed by atoms with E-state index < -0.39 is 5.97 Å². The fourth-order valence-corrected chi connectivity index (χ4v) is 2.35. The van der Waals surface area contributed by atoms with Crippen molar-refractivity contribution >= 4 is 11.9 Å². The molecular formula is C16H21NO5. The van der Waals surface area contributed by atoms with E-state index in [1.54, 1.807) is 25.3 Å². The Hall–Kier alpha value is -2.24. The second-order valence-electron chi connectivity index (χ2n) is 5.39. The molecule has 6 heteroatoms. The van der Waals surface area contributed by atoms with Crippen LogP contribution in [0, 0.1) is 5.92 Å². The molecule has 0 saturated heterocycles. The summed E-state index contributed by atoms with van der Waals surface area (Å²) in [4.78, 5) is 23.1. The fraction of sp³-hybridized carbons (Fsp3) is 0.500. The summed E-state index contributed by atoms with van der Waals surface area (Å²) in [6.07, 6.45) is 1.78. The number of amides is 1. The number of benzene rings is 1. The minimum absolute atomic E-state index is 0.0882. The lowest BCUT2D eigenvalue weighted by molar-refractivity contribution is -0.145. The van der Waals surface area contributed by atoms with Crippen LogP contribution in [0.25, 0.3) is 0 Å². The molecule has 1 fully saturated rings. The van der Waals surface area contributed by atoms with Crippen molar-refractivity contribution in [2.45, 2.75) is 32.2 Å². The summed E-state index contributed by atoms with van der Waals surface area (Å²) in [5, 5.41) is 11.7. The van der Waals surface area contributed by atoms with Crippen molar-refractivity contribution in [3.05, 3.63) is 23.8 Å². The first-order valence-corrected chi connectivity index (χ1v) is 7.39. The molecule has 22 heavy (non-hydrogen) atoms. The van der Waals surface area contributed by atoms with Crippen LogP contribution in [0.2, 0.25) is 0 Å². The topological polar surface area (TPSA) is 84.9 Å². The summed E-state index contributed by atoms with van der Waals surface area (Å²) in [5.41, 5.74) is 0.438. The predicted octanol–water partition coefficient (Wildman–Crippen LogP) is 2.08. The van der Waals surface area contributed by atoms with Crippen LogP contribution in [0.15, 0.2) is 18.2 Å². The van der Waals surface area contributed by atoms with Gasteiger partial charge in [0, 0.05) is 12.1 Å². The normalized spacial score (nSPS) is 19.9. The van der Waals surface area contributed by atoms with Gasteiger partial charge >= 0.3 is 5.97 Å². The van der Waals surface area contributed by atoms with Gasteiger partial charge < -0.3 is 19.9 Å². The van der Waals surface area contributed by atoms with Crippen LogP contribution in [0.4, 0.5) is 0 Å². The van der Waals surface area contributed by atoms with Gasteiger partial charge in [-0.2, -0.15) is 0 Å². The lowest BCUT2D eigenvalue weighted by atomic mass is 9.80. The minimum atomic E-state index is -0.804. The number of aliphatic carboxylic acids is 1. The zero-order chi connectivity index (χ0) is 16.1. The number of carboxylic acids is 1. The van der Waals surface area contributed by atoms with Gasteiger partial charge in [-0.1, -0.05) is 6.92 Å². The van der Waals surface area contributed by atoms with E-state index >= 15 is 0 Å². The molecule has 0 heterocycles. The molecule has 0 spiro atoms. The zero-order valence-corrected chi connectivity index (χ0v) is 12.8. The number of carbonyl (C=O) groups is 2. The van der Waals surface area contributed by atoms with E-state index in [1.807, 2.05) is 6.92 Å². The highest BCUT2D eigenvalue weighted by molar-refractivity contribution is 5.97. The molecule has 1 amide bonds. The number of carbonyl (C=O) groups excluding carboxylic acids is 1. The molecule has 120 valence electrons. The Morgan fingerprint density at radius 2 is 2.09 bits per heavy atom. The first-order valence-electron chi connectivity index (χ1n) is 7.39. The van der Waals surface area contributed by atoms with Gasteiger partial charge in [-0.15, -0.1) is 0 Å². The number of methoxy groups -OCH3 is 1. The maximum absolute atomic E-state index is 12.3. The van der Waals surface area contributed by atoms with Gasteiger partial charge in [0.05, 0.1) is 25.2 Å². The predicted molar refractivity (Wildman–Crippen MR) is 80.4 cm³/mol. The van der Waals surface area contributed by atoms with Gasteiger partial charge in [0.1, 0.15) is 11.5 Å². The van der Waals surface area contributed by atoms with Crippen LogP contribution < -0.4 is 14.8 Å². The van der Waals surface area contributed by atoms with E-state index in [2.05, 4.69) is 5.32 Å².